The quantitative estimate of drug-likeness (QED) is 0.557. The van der Waals surface area contributed by atoms with Gasteiger partial charge in [-0.2, -0.15) is 5.10 Å². The van der Waals surface area contributed by atoms with E-state index < -0.39 is 0 Å². The van der Waals surface area contributed by atoms with Gasteiger partial charge in [0.25, 0.3) is 0 Å². The van der Waals surface area contributed by atoms with Crippen molar-refractivity contribution in [3.8, 4) is 22.8 Å². The van der Waals surface area contributed by atoms with E-state index in [2.05, 4.69) is 15.5 Å². The van der Waals surface area contributed by atoms with Crippen molar-refractivity contribution in [3.63, 3.8) is 0 Å². The summed E-state index contributed by atoms with van der Waals surface area (Å²) < 4.78 is 10.8. The number of aromatic amines is 1. The fourth-order valence-corrected chi connectivity index (χ4v) is 3.38. The molecule has 0 saturated carbocycles. The van der Waals surface area contributed by atoms with Gasteiger partial charge in [-0.25, -0.2) is 0 Å². The lowest BCUT2D eigenvalue weighted by molar-refractivity contribution is 0.355. The Morgan fingerprint density at radius 1 is 1.12 bits per heavy atom. The largest absolute Gasteiger partial charge is 0.493 e. The minimum Gasteiger partial charge on any atom is -0.493 e. The van der Waals surface area contributed by atoms with Gasteiger partial charge in [0.1, 0.15) is 0 Å². The maximum Gasteiger partial charge on any atom is 0.161 e. The lowest BCUT2D eigenvalue weighted by Crippen LogP contribution is -1.97. The molecule has 3 aromatic rings. The summed E-state index contributed by atoms with van der Waals surface area (Å²) in [5.41, 5.74) is 6.49. The van der Waals surface area contributed by atoms with Gasteiger partial charge >= 0.3 is 0 Å². The van der Waals surface area contributed by atoms with Crippen LogP contribution in [0.3, 0.4) is 0 Å². The van der Waals surface area contributed by atoms with E-state index in [9.17, 15) is 0 Å². The number of aromatic nitrogens is 2. The first kappa shape index (κ1) is 15.8. The molecule has 1 heterocycles. The number of hydrogen-bond donors (Lipinski definition) is 2. The number of nitrogens with zero attached hydrogens (tertiary/aromatic N) is 1. The molecule has 6 heteroatoms. The van der Waals surface area contributed by atoms with Crippen molar-refractivity contribution in [2.24, 2.45) is 0 Å². The summed E-state index contributed by atoms with van der Waals surface area (Å²) in [5, 5.41) is 11.7. The highest BCUT2D eigenvalue weighted by molar-refractivity contribution is 6.30. The molecule has 0 unspecified atom stereocenters. The normalized spacial score (nSPS) is 11.8. The number of anilines is 2. The summed E-state index contributed by atoms with van der Waals surface area (Å²) in [4.78, 5) is 0. The molecule has 1 aliphatic carbocycles. The minimum atomic E-state index is 0.693. The fraction of sp³-hybridized carbons (Fsp3) is 0.211. The SMILES string of the molecule is COc1cc2c(cc1OC)-c1[nH]nc(Nc3cc(Cl)ccc3C)c1C2. The van der Waals surface area contributed by atoms with E-state index in [0.29, 0.717) is 10.8 Å². The Kier molecular flexibility index (Phi) is 3.81. The maximum atomic E-state index is 6.12. The third-order valence-corrected chi connectivity index (χ3v) is 4.80. The first-order valence-corrected chi connectivity index (χ1v) is 8.34. The van der Waals surface area contributed by atoms with E-state index in [1.54, 1.807) is 14.2 Å². The molecule has 128 valence electrons. The third kappa shape index (κ3) is 2.61. The van der Waals surface area contributed by atoms with Crippen LogP contribution in [0.5, 0.6) is 11.5 Å². The van der Waals surface area contributed by atoms with Gasteiger partial charge in [0.05, 0.1) is 19.9 Å². The summed E-state index contributed by atoms with van der Waals surface area (Å²) in [6, 6.07) is 9.79. The Labute approximate surface area is 150 Å². The van der Waals surface area contributed by atoms with E-state index in [4.69, 9.17) is 21.1 Å². The van der Waals surface area contributed by atoms with E-state index >= 15 is 0 Å². The first-order valence-electron chi connectivity index (χ1n) is 7.96. The van der Waals surface area contributed by atoms with Gasteiger partial charge in [-0.05, 0) is 42.3 Å². The fourth-order valence-electron chi connectivity index (χ4n) is 3.21. The highest BCUT2D eigenvalue weighted by atomic mass is 35.5. The molecule has 1 aromatic heterocycles. The molecule has 25 heavy (non-hydrogen) atoms. The zero-order valence-corrected chi connectivity index (χ0v) is 15.0. The Balaban J connectivity index is 1.73. The first-order chi connectivity index (χ1) is 12.1. The monoisotopic (exact) mass is 355 g/mol. The van der Waals surface area contributed by atoms with E-state index in [0.717, 1.165) is 46.1 Å². The van der Waals surface area contributed by atoms with Crippen LogP contribution in [-0.4, -0.2) is 24.4 Å². The van der Waals surface area contributed by atoms with Crippen molar-refractivity contribution in [2.75, 3.05) is 19.5 Å². The molecule has 4 rings (SSSR count). The molecular weight excluding hydrogens is 338 g/mol. The van der Waals surface area contributed by atoms with E-state index in [-0.39, 0.29) is 0 Å². The topological polar surface area (TPSA) is 59.2 Å². The van der Waals surface area contributed by atoms with Crippen LogP contribution >= 0.6 is 11.6 Å². The predicted molar refractivity (Wildman–Crippen MR) is 99.4 cm³/mol. The molecule has 0 aliphatic heterocycles. The lowest BCUT2D eigenvalue weighted by atomic mass is 10.1. The highest BCUT2D eigenvalue weighted by Crippen LogP contribution is 2.44. The second-order valence-electron chi connectivity index (χ2n) is 6.05. The van der Waals surface area contributed by atoms with Gasteiger partial charge < -0.3 is 14.8 Å². The number of halogens is 1. The molecule has 5 nitrogen and oxygen atoms in total. The van der Waals surface area contributed by atoms with Crippen molar-refractivity contribution in [2.45, 2.75) is 13.3 Å². The van der Waals surface area contributed by atoms with Crippen LogP contribution in [0.15, 0.2) is 30.3 Å². The number of aryl methyl sites for hydroxylation is 1. The van der Waals surface area contributed by atoms with Crippen LogP contribution in [-0.2, 0) is 6.42 Å². The molecule has 0 saturated heterocycles. The summed E-state index contributed by atoms with van der Waals surface area (Å²) in [7, 11) is 3.29. The molecule has 2 N–H and O–H groups in total. The number of methoxy groups -OCH3 is 2. The zero-order chi connectivity index (χ0) is 17.6. The van der Waals surface area contributed by atoms with Crippen LogP contribution in [0, 0.1) is 6.92 Å². The highest BCUT2D eigenvalue weighted by Gasteiger charge is 2.27. The molecule has 2 aromatic carbocycles. The number of fused-ring (bicyclic) bond motifs is 3. The number of H-pyrrole nitrogens is 1. The molecule has 0 amide bonds. The average Bonchev–Trinajstić information content (AvgIpc) is 3.16. The number of rotatable bonds is 4. The molecular formula is C19H18ClN3O2. The van der Waals surface area contributed by atoms with E-state index in [1.807, 2.05) is 37.3 Å². The molecule has 0 spiro atoms. The molecule has 0 fully saturated rings. The van der Waals surface area contributed by atoms with Crippen molar-refractivity contribution in [3.05, 3.63) is 52.0 Å². The van der Waals surface area contributed by atoms with Gasteiger partial charge in [-0.3, -0.25) is 5.10 Å². The van der Waals surface area contributed by atoms with Crippen molar-refractivity contribution < 1.29 is 9.47 Å². The standard InChI is InChI=1S/C19H18ClN3O2/c1-10-4-5-12(20)8-15(10)21-19-14-6-11-7-16(24-2)17(25-3)9-13(11)18(14)22-23-19/h4-5,7-9H,6H2,1-3H3,(H2,21,22,23). The Bertz CT molecular complexity index is 966. The van der Waals surface area contributed by atoms with Crippen LogP contribution in [0.25, 0.3) is 11.3 Å². The second kappa shape index (κ2) is 6.01. The minimum absolute atomic E-state index is 0.693. The third-order valence-electron chi connectivity index (χ3n) is 4.57. The molecule has 1 aliphatic rings. The predicted octanol–water partition coefficient (Wildman–Crippen LogP) is 4.70. The second-order valence-corrected chi connectivity index (χ2v) is 6.49. The number of benzene rings is 2. The summed E-state index contributed by atoms with van der Waals surface area (Å²) >= 11 is 6.12. The van der Waals surface area contributed by atoms with Crippen LogP contribution in [0.1, 0.15) is 16.7 Å². The van der Waals surface area contributed by atoms with Crippen molar-refractivity contribution in [1.82, 2.24) is 10.2 Å². The number of hydrogen-bond acceptors (Lipinski definition) is 4. The lowest BCUT2D eigenvalue weighted by Gasteiger charge is -2.10. The smallest absolute Gasteiger partial charge is 0.161 e. The summed E-state index contributed by atoms with van der Waals surface area (Å²) in [6.07, 6.45) is 0.781. The van der Waals surface area contributed by atoms with Crippen LogP contribution in [0.2, 0.25) is 5.02 Å². The van der Waals surface area contributed by atoms with Gasteiger partial charge in [-0.1, -0.05) is 17.7 Å². The van der Waals surface area contributed by atoms with Gasteiger partial charge in [0.2, 0.25) is 0 Å². The average molecular weight is 356 g/mol. The Hall–Kier alpha value is -2.66. The molecule has 0 radical (unpaired) electrons. The Morgan fingerprint density at radius 3 is 2.64 bits per heavy atom. The van der Waals surface area contributed by atoms with Gasteiger partial charge in [0.15, 0.2) is 17.3 Å². The van der Waals surface area contributed by atoms with Crippen LogP contribution in [0.4, 0.5) is 11.5 Å². The maximum absolute atomic E-state index is 6.12. The summed E-state index contributed by atoms with van der Waals surface area (Å²) in [5.74, 6) is 2.26. The number of ether oxygens (including phenoxy) is 2. The molecule has 0 atom stereocenters. The van der Waals surface area contributed by atoms with Crippen molar-refractivity contribution in [1.29, 1.82) is 0 Å². The van der Waals surface area contributed by atoms with Gasteiger partial charge in [-0.15, -0.1) is 0 Å². The summed E-state index contributed by atoms with van der Waals surface area (Å²) in [6.45, 7) is 2.04. The van der Waals surface area contributed by atoms with E-state index in [1.165, 1.54) is 5.56 Å². The Morgan fingerprint density at radius 2 is 1.88 bits per heavy atom. The molecule has 0 bridgehead atoms. The van der Waals surface area contributed by atoms with Gasteiger partial charge in [0, 0.05) is 28.3 Å². The zero-order valence-electron chi connectivity index (χ0n) is 14.2. The van der Waals surface area contributed by atoms with Crippen LogP contribution < -0.4 is 14.8 Å². The van der Waals surface area contributed by atoms with Crippen molar-refractivity contribution >= 4 is 23.1 Å². The number of nitrogens with one attached hydrogen (secondary N) is 2.